The standard InChI is InChI=1S/C11H17N3O2/c12-10-1-2-13-11(9-10)16-8-5-14-3-6-15-7-4-14/h1-2,9H,3-8H2,(H2,12,13). The van der Waals surface area contributed by atoms with Crippen LogP contribution in [0.15, 0.2) is 18.3 Å². The number of hydrogen-bond acceptors (Lipinski definition) is 5. The number of aromatic nitrogens is 1. The molecule has 1 aliphatic heterocycles. The maximum atomic E-state index is 5.63. The molecule has 1 aliphatic rings. The van der Waals surface area contributed by atoms with Crippen LogP contribution in [0.3, 0.4) is 0 Å². The van der Waals surface area contributed by atoms with Crippen LogP contribution in [0.25, 0.3) is 0 Å². The number of anilines is 1. The fourth-order valence-corrected chi connectivity index (χ4v) is 1.61. The van der Waals surface area contributed by atoms with E-state index in [0.717, 1.165) is 32.8 Å². The first-order chi connectivity index (χ1) is 7.84. The summed E-state index contributed by atoms with van der Waals surface area (Å²) in [5.74, 6) is 0.591. The van der Waals surface area contributed by atoms with Gasteiger partial charge >= 0.3 is 0 Å². The normalized spacial score (nSPS) is 17.2. The molecule has 5 nitrogen and oxygen atoms in total. The van der Waals surface area contributed by atoms with Gasteiger partial charge in [-0.2, -0.15) is 0 Å². The van der Waals surface area contributed by atoms with E-state index >= 15 is 0 Å². The van der Waals surface area contributed by atoms with Crippen LogP contribution in [0, 0.1) is 0 Å². The van der Waals surface area contributed by atoms with Crippen LogP contribution in [0.5, 0.6) is 5.88 Å². The molecular weight excluding hydrogens is 206 g/mol. The highest BCUT2D eigenvalue weighted by molar-refractivity contribution is 5.39. The van der Waals surface area contributed by atoms with Gasteiger partial charge in [-0.1, -0.05) is 0 Å². The van der Waals surface area contributed by atoms with E-state index in [2.05, 4.69) is 9.88 Å². The molecule has 1 saturated heterocycles. The number of nitrogens with zero attached hydrogens (tertiary/aromatic N) is 2. The van der Waals surface area contributed by atoms with Crippen molar-refractivity contribution in [3.05, 3.63) is 18.3 Å². The predicted octanol–water partition coefficient (Wildman–Crippen LogP) is 0.375. The third-order valence-electron chi connectivity index (χ3n) is 2.52. The first kappa shape index (κ1) is 11.2. The molecule has 5 heteroatoms. The van der Waals surface area contributed by atoms with E-state index in [1.165, 1.54) is 0 Å². The third-order valence-corrected chi connectivity index (χ3v) is 2.52. The molecule has 0 aliphatic carbocycles. The van der Waals surface area contributed by atoms with Crippen molar-refractivity contribution in [3.63, 3.8) is 0 Å². The number of ether oxygens (including phenoxy) is 2. The average Bonchev–Trinajstić information content (AvgIpc) is 2.30. The van der Waals surface area contributed by atoms with Gasteiger partial charge in [0.2, 0.25) is 5.88 Å². The van der Waals surface area contributed by atoms with Gasteiger partial charge in [-0.3, -0.25) is 4.90 Å². The molecule has 0 amide bonds. The van der Waals surface area contributed by atoms with Crippen molar-refractivity contribution in [3.8, 4) is 5.88 Å². The van der Waals surface area contributed by atoms with Gasteiger partial charge in [0.15, 0.2) is 0 Å². The second-order valence-corrected chi connectivity index (χ2v) is 3.73. The van der Waals surface area contributed by atoms with Crippen molar-refractivity contribution >= 4 is 5.69 Å². The minimum atomic E-state index is 0.591. The van der Waals surface area contributed by atoms with Crippen molar-refractivity contribution in [2.45, 2.75) is 0 Å². The Hall–Kier alpha value is -1.33. The first-order valence-corrected chi connectivity index (χ1v) is 5.49. The van der Waals surface area contributed by atoms with E-state index in [4.69, 9.17) is 15.2 Å². The first-order valence-electron chi connectivity index (χ1n) is 5.49. The highest BCUT2D eigenvalue weighted by Gasteiger charge is 2.09. The summed E-state index contributed by atoms with van der Waals surface area (Å²) in [5.41, 5.74) is 6.30. The zero-order valence-electron chi connectivity index (χ0n) is 9.26. The van der Waals surface area contributed by atoms with Gasteiger partial charge in [-0.05, 0) is 6.07 Å². The van der Waals surface area contributed by atoms with E-state index in [9.17, 15) is 0 Å². The molecule has 2 rings (SSSR count). The maximum Gasteiger partial charge on any atom is 0.215 e. The Morgan fingerprint density at radius 3 is 3.00 bits per heavy atom. The molecule has 0 spiro atoms. The van der Waals surface area contributed by atoms with E-state index in [-0.39, 0.29) is 0 Å². The Kier molecular flexibility index (Phi) is 3.96. The van der Waals surface area contributed by atoms with Gasteiger partial charge in [0.1, 0.15) is 6.61 Å². The molecular formula is C11H17N3O2. The number of rotatable bonds is 4. The van der Waals surface area contributed by atoms with Crippen molar-refractivity contribution in [1.82, 2.24) is 9.88 Å². The van der Waals surface area contributed by atoms with Gasteiger partial charge in [0.25, 0.3) is 0 Å². The number of morpholine rings is 1. The number of hydrogen-bond donors (Lipinski definition) is 1. The SMILES string of the molecule is Nc1ccnc(OCCN2CCOCC2)c1. The topological polar surface area (TPSA) is 60.6 Å². The van der Waals surface area contributed by atoms with Crippen molar-refractivity contribution < 1.29 is 9.47 Å². The van der Waals surface area contributed by atoms with Gasteiger partial charge in [-0.25, -0.2) is 4.98 Å². The van der Waals surface area contributed by atoms with E-state index in [1.54, 1.807) is 18.3 Å². The Labute approximate surface area is 95.2 Å². The summed E-state index contributed by atoms with van der Waals surface area (Å²) >= 11 is 0. The predicted molar refractivity (Wildman–Crippen MR) is 61.4 cm³/mol. The minimum absolute atomic E-state index is 0.591. The lowest BCUT2D eigenvalue weighted by Gasteiger charge is -2.26. The van der Waals surface area contributed by atoms with E-state index < -0.39 is 0 Å². The summed E-state index contributed by atoms with van der Waals surface area (Å²) in [6.45, 7) is 5.13. The van der Waals surface area contributed by atoms with Crippen LogP contribution >= 0.6 is 0 Å². The van der Waals surface area contributed by atoms with Crippen LogP contribution in [-0.4, -0.2) is 49.3 Å². The summed E-state index contributed by atoms with van der Waals surface area (Å²) in [5, 5.41) is 0. The summed E-state index contributed by atoms with van der Waals surface area (Å²) in [6, 6.07) is 3.48. The Morgan fingerprint density at radius 2 is 2.25 bits per heavy atom. The van der Waals surface area contributed by atoms with E-state index in [1.807, 2.05) is 0 Å². The molecule has 88 valence electrons. The molecule has 2 N–H and O–H groups in total. The monoisotopic (exact) mass is 223 g/mol. The molecule has 0 saturated carbocycles. The summed E-state index contributed by atoms with van der Waals surface area (Å²) in [4.78, 5) is 6.39. The summed E-state index contributed by atoms with van der Waals surface area (Å²) in [6.07, 6.45) is 1.65. The molecule has 0 bridgehead atoms. The lowest BCUT2D eigenvalue weighted by atomic mass is 10.4. The number of pyridine rings is 1. The molecule has 1 aromatic rings. The molecule has 2 heterocycles. The highest BCUT2D eigenvalue weighted by atomic mass is 16.5. The Balaban J connectivity index is 1.71. The van der Waals surface area contributed by atoms with Crippen molar-refractivity contribution in [2.75, 3.05) is 45.2 Å². The fourth-order valence-electron chi connectivity index (χ4n) is 1.61. The lowest BCUT2D eigenvalue weighted by molar-refractivity contribution is 0.0320. The Morgan fingerprint density at radius 1 is 1.44 bits per heavy atom. The summed E-state index contributed by atoms with van der Waals surface area (Å²) in [7, 11) is 0. The van der Waals surface area contributed by atoms with Crippen LogP contribution < -0.4 is 10.5 Å². The van der Waals surface area contributed by atoms with E-state index in [0.29, 0.717) is 18.2 Å². The molecule has 1 aromatic heterocycles. The second kappa shape index (κ2) is 5.67. The smallest absolute Gasteiger partial charge is 0.215 e. The second-order valence-electron chi connectivity index (χ2n) is 3.73. The molecule has 1 fully saturated rings. The minimum Gasteiger partial charge on any atom is -0.476 e. The third kappa shape index (κ3) is 3.36. The zero-order valence-corrected chi connectivity index (χ0v) is 9.26. The largest absolute Gasteiger partial charge is 0.476 e. The molecule has 0 unspecified atom stereocenters. The Bertz CT molecular complexity index is 327. The maximum absolute atomic E-state index is 5.63. The van der Waals surface area contributed by atoms with Crippen LogP contribution in [0.1, 0.15) is 0 Å². The van der Waals surface area contributed by atoms with Gasteiger partial charge in [-0.15, -0.1) is 0 Å². The number of nitrogens with two attached hydrogens (primary N) is 1. The van der Waals surface area contributed by atoms with Gasteiger partial charge in [0.05, 0.1) is 13.2 Å². The van der Waals surface area contributed by atoms with Crippen LogP contribution in [0.4, 0.5) is 5.69 Å². The lowest BCUT2D eigenvalue weighted by Crippen LogP contribution is -2.38. The van der Waals surface area contributed by atoms with Crippen molar-refractivity contribution in [2.24, 2.45) is 0 Å². The summed E-state index contributed by atoms with van der Waals surface area (Å²) < 4.78 is 10.8. The van der Waals surface area contributed by atoms with Crippen molar-refractivity contribution in [1.29, 1.82) is 0 Å². The zero-order chi connectivity index (χ0) is 11.2. The van der Waals surface area contributed by atoms with Crippen LogP contribution in [-0.2, 0) is 4.74 Å². The number of nitrogen functional groups attached to an aromatic ring is 1. The van der Waals surface area contributed by atoms with Gasteiger partial charge in [0, 0.05) is 37.6 Å². The fraction of sp³-hybridized carbons (Fsp3) is 0.545. The molecule has 0 atom stereocenters. The van der Waals surface area contributed by atoms with Crippen LogP contribution in [0.2, 0.25) is 0 Å². The average molecular weight is 223 g/mol. The van der Waals surface area contributed by atoms with Gasteiger partial charge < -0.3 is 15.2 Å². The molecule has 0 aromatic carbocycles. The quantitative estimate of drug-likeness (QED) is 0.799. The highest BCUT2D eigenvalue weighted by Crippen LogP contribution is 2.10. The molecule has 0 radical (unpaired) electrons. The molecule has 16 heavy (non-hydrogen) atoms.